The average molecular weight is 260 g/mol. The molecule has 5 heteroatoms. The van der Waals surface area contributed by atoms with Gasteiger partial charge in [0.05, 0.1) is 12.1 Å². The monoisotopic (exact) mass is 260 g/mol. The molecule has 0 atom stereocenters. The highest BCUT2D eigenvalue weighted by molar-refractivity contribution is 5.79. The van der Waals surface area contributed by atoms with E-state index in [0.717, 1.165) is 16.7 Å². The Bertz CT molecular complexity index is 571. The predicted octanol–water partition coefficient (Wildman–Crippen LogP) is 1.63. The molecule has 100 valence electrons. The van der Waals surface area contributed by atoms with Crippen molar-refractivity contribution in [2.45, 2.75) is 0 Å². The van der Waals surface area contributed by atoms with Gasteiger partial charge in [-0.2, -0.15) is 0 Å². The first-order chi connectivity index (χ1) is 9.15. The largest absolute Gasteiger partial charge is 0.492 e. The number of fused-ring (bicyclic) bond motifs is 1. The van der Waals surface area contributed by atoms with Crippen molar-refractivity contribution in [2.75, 3.05) is 26.7 Å². The Balaban J connectivity index is 1.89. The van der Waals surface area contributed by atoms with Crippen molar-refractivity contribution in [2.24, 2.45) is 0 Å². The van der Waals surface area contributed by atoms with Gasteiger partial charge in [-0.15, -0.1) is 0 Å². The standard InChI is InChI=1S/C14H16N2O3/c1-16(10-14(17)18)7-8-19-12-4-5-13-11(9-12)3-2-6-15-13/h2-6,9H,7-8,10H2,1H3,(H,17,18). The predicted molar refractivity (Wildman–Crippen MR) is 72.4 cm³/mol. The highest BCUT2D eigenvalue weighted by atomic mass is 16.5. The number of likely N-dealkylation sites (N-methyl/N-ethyl adjacent to an activating group) is 1. The van der Waals surface area contributed by atoms with Crippen molar-refractivity contribution >= 4 is 16.9 Å². The molecule has 1 aromatic carbocycles. The molecule has 0 aliphatic heterocycles. The number of hydrogen-bond acceptors (Lipinski definition) is 4. The van der Waals surface area contributed by atoms with Gasteiger partial charge in [0.15, 0.2) is 0 Å². The summed E-state index contributed by atoms with van der Waals surface area (Å²) >= 11 is 0. The number of benzene rings is 1. The minimum Gasteiger partial charge on any atom is -0.492 e. The van der Waals surface area contributed by atoms with Crippen LogP contribution in [0.1, 0.15) is 0 Å². The molecular weight excluding hydrogens is 244 g/mol. The third-order valence-electron chi connectivity index (χ3n) is 2.72. The molecular formula is C14H16N2O3. The van der Waals surface area contributed by atoms with E-state index in [1.54, 1.807) is 18.1 Å². The highest BCUT2D eigenvalue weighted by Crippen LogP contribution is 2.18. The van der Waals surface area contributed by atoms with Crippen molar-refractivity contribution in [1.29, 1.82) is 0 Å². The van der Waals surface area contributed by atoms with Crippen LogP contribution in [0.2, 0.25) is 0 Å². The summed E-state index contributed by atoms with van der Waals surface area (Å²) in [5.74, 6) is -0.0662. The number of aliphatic carboxylic acids is 1. The van der Waals surface area contributed by atoms with Gasteiger partial charge in [0.25, 0.3) is 0 Å². The maximum Gasteiger partial charge on any atom is 0.317 e. The van der Waals surface area contributed by atoms with Gasteiger partial charge in [-0.3, -0.25) is 14.7 Å². The second-order valence-electron chi connectivity index (χ2n) is 4.34. The fourth-order valence-electron chi connectivity index (χ4n) is 1.77. The first-order valence-electron chi connectivity index (χ1n) is 6.03. The molecule has 0 aliphatic rings. The van der Waals surface area contributed by atoms with Crippen LogP contribution in [0, 0.1) is 0 Å². The van der Waals surface area contributed by atoms with Crippen LogP contribution in [-0.4, -0.2) is 47.7 Å². The van der Waals surface area contributed by atoms with Crippen LogP contribution in [0.5, 0.6) is 5.75 Å². The van der Waals surface area contributed by atoms with Gasteiger partial charge in [-0.1, -0.05) is 6.07 Å². The van der Waals surface area contributed by atoms with Gasteiger partial charge < -0.3 is 9.84 Å². The molecule has 1 aromatic heterocycles. The van der Waals surface area contributed by atoms with Gasteiger partial charge in [-0.05, 0) is 31.3 Å². The number of pyridine rings is 1. The molecule has 2 rings (SSSR count). The van der Waals surface area contributed by atoms with Crippen LogP contribution in [-0.2, 0) is 4.79 Å². The van der Waals surface area contributed by atoms with Gasteiger partial charge in [0.1, 0.15) is 12.4 Å². The molecule has 0 saturated carbocycles. The van der Waals surface area contributed by atoms with Crippen molar-refractivity contribution in [3.05, 3.63) is 36.5 Å². The molecule has 0 saturated heterocycles. The van der Waals surface area contributed by atoms with Crippen molar-refractivity contribution in [3.8, 4) is 5.75 Å². The van der Waals surface area contributed by atoms with E-state index in [2.05, 4.69) is 4.98 Å². The third kappa shape index (κ3) is 3.93. The summed E-state index contributed by atoms with van der Waals surface area (Å²) in [5, 5.41) is 9.66. The minimum absolute atomic E-state index is 0.0188. The normalized spacial score (nSPS) is 10.8. The zero-order chi connectivity index (χ0) is 13.7. The number of nitrogens with zero attached hydrogens (tertiary/aromatic N) is 2. The fourth-order valence-corrected chi connectivity index (χ4v) is 1.77. The molecule has 0 fully saturated rings. The number of hydrogen-bond donors (Lipinski definition) is 1. The summed E-state index contributed by atoms with van der Waals surface area (Å²) in [6, 6.07) is 9.57. The Morgan fingerprint density at radius 2 is 2.26 bits per heavy atom. The molecule has 1 N–H and O–H groups in total. The summed E-state index contributed by atoms with van der Waals surface area (Å²) in [6.07, 6.45) is 1.75. The molecule has 0 bridgehead atoms. The van der Waals surface area contributed by atoms with E-state index in [0.29, 0.717) is 13.2 Å². The molecule has 0 radical (unpaired) electrons. The Kier molecular flexibility index (Phi) is 4.30. The summed E-state index contributed by atoms with van der Waals surface area (Å²) < 4.78 is 5.60. The Labute approximate surface area is 111 Å². The molecule has 5 nitrogen and oxygen atoms in total. The quantitative estimate of drug-likeness (QED) is 0.855. The lowest BCUT2D eigenvalue weighted by atomic mass is 10.2. The van der Waals surface area contributed by atoms with Crippen LogP contribution in [0.4, 0.5) is 0 Å². The molecule has 1 heterocycles. The summed E-state index contributed by atoms with van der Waals surface area (Å²) in [5.41, 5.74) is 0.929. The van der Waals surface area contributed by atoms with Gasteiger partial charge in [0, 0.05) is 18.1 Å². The molecule has 0 aliphatic carbocycles. The van der Waals surface area contributed by atoms with E-state index in [-0.39, 0.29) is 6.54 Å². The van der Waals surface area contributed by atoms with E-state index >= 15 is 0 Å². The first kappa shape index (κ1) is 13.3. The molecule has 0 amide bonds. The smallest absolute Gasteiger partial charge is 0.317 e. The van der Waals surface area contributed by atoms with Gasteiger partial charge in [-0.25, -0.2) is 0 Å². The third-order valence-corrected chi connectivity index (χ3v) is 2.72. The summed E-state index contributed by atoms with van der Waals surface area (Å²) in [4.78, 5) is 16.4. The zero-order valence-corrected chi connectivity index (χ0v) is 10.7. The van der Waals surface area contributed by atoms with Crippen molar-refractivity contribution < 1.29 is 14.6 Å². The summed E-state index contributed by atoms with van der Waals surface area (Å²) in [7, 11) is 1.75. The summed E-state index contributed by atoms with van der Waals surface area (Å²) in [6.45, 7) is 1.04. The lowest BCUT2D eigenvalue weighted by molar-refractivity contribution is -0.138. The first-order valence-corrected chi connectivity index (χ1v) is 6.03. The van der Waals surface area contributed by atoms with Crippen LogP contribution in [0.25, 0.3) is 10.9 Å². The lowest BCUT2D eigenvalue weighted by Gasteiger charge is -2.14. The highest BCUT2D eigenvalue weighted by Gasteiger charge is 2.04. The Morgan fingerprint density at radius 1 is 1.42 bits per heavy atom. The van der Waals surface area contributed by atoms with Crippen LogP contribution >= 0.6 is 0 Å². The number of aromatic nitrogens is 1. The second kappa shape index (κ2) is 6.15. The molecule has 2 aromatic rings. The van der Waals surface area contributed by atoms with Gasteiger partial charge >= 0.3 is 5.97 Å². The number of rotatable bonds is 6. The van der Waals surface area contributed by atoms with E-state index in [9.17, 15) is 4.79 Å². The zero-order valence-electron chi connectivity index (χ0n) is 10.7. The maximum atomic E-state index is 10.5. The number of ether oxygens (including phenoxy) is 1. The fraction of sp³-hybridized carbons (Fsp3) is 0.286. The van der Waals surface area contributed by atoms with Crippen molar-refractivity contribution in [3.63, 3.8) is 0 Å². The lowest BCUT2D eigenvalue weighted by Crippen LogP contribution is -2.29. The Hall–Kier alpha value is -2.14. The number of carboxylic acids is 1. The number of carboxylic acid groups (broad SMARTS) is 1. The topological polar surface area (TPSA) is 62.7 Å². The Morgan fingerprint density at radius 3 is 3.05 bits per heavy atom. The van der Waals surface area contributed by atoms with E-state index in [1.165, 1.54) is 0 Å². The van der Waals surface area contributed by atoms with E-state index < -0.39 is 5.97 Å². The SMILES string of the molecule is CN(CCOc1ccc2ncccc2c1)CC(=O)O. The van der Waals surface area contributed by atoms with E-state index in [4.69, 9.17) is 9.84 Å². The van der Waals surface area contributed by atoms with Gasteiger partial charge in [0.2, 0.25) is 0 Å². The van der Waals surface area contributed by atoms with Crippen LogP contribution < -0.4 is 4.74 Å². The number of carbonyl (C=O) groups is 1. The second-order valence-corrected chi connectivity index (χ2v) is 4.34. The maximum absolute atomic E-state index is 10.5. The molecule has 0 spiro atoms. The minimum atomic E-state index is -0.834. The van der Waals surface area contributed by atoms with Crippen LogP contribution in [0.15, 0.2) is 36.5 Å². The van der Waals surface area contributed by atoms with Crippen LogP contribution in [0.3, 0.4) is 0 Å². The van der Waals surface area contributed by atoms with Crippen molar-refractivity contribution in [1.82, 2.24) is 9.88 Å². The van der Waals surface area contributed by atoms with E-state index in [1.807, 2.05) is 30.3 Å². The average Bonchev–Trinajstić information content (AvgIpc) is 2.37. The molecule has 0 unspecified atom stereocenters. The molecule has 19 heavy (non-hydrogen) atoms.